The van der Waals surface area contributed by atoms with Crippen molar-refractivity contribution in [1.29, 1.82) is 0 Å². The number of aromatic nitrogens is 1. The van der Waals surface area contributed by atoms with Gasteiger partial charge < -0.3 is 10.1 Å². The predicted molar refractivity (Wildman–Crippen MR) is 122 cm³/mol. The maximum absolute atomic E-state index is 13.3. The molecule has 2 N–H and O–H groups in total. The number of benzene rings is 3. The maximum Gasteiger partial charge on any atom is 0.234 e. The monoisotopic (exact) mass is 427 g/mol. The van der Waals surface area contributed by atoms with E-state index in [4.69, 9.17) is 11.6 Å². The van der Waals surface area contributed by atoms with Gasteiger partial charge in [-0.15, -0.1) is 0 Å². The lowest BCUT2D eigenvalue weighted by Gasteiger charge is -2.26. The van der Waals surface area contributed by atoms with Gasteiger partial charge in [0.15, 0.2) is 0 Å². The number of para-hydroxylation sites is 1. The molecular weight excluding hydrogens is 410 g/mol. The molecule has 1 unspecified atom stereocenters. The van der Waals surface area contributed by atoms with Crippen molar-refractivity contribution in [3.63, 3.8) is 0 Å². The number of aliphatic hydroxyl groups excluding tert-OH is 1. The van der Waals surface area contributed by atoms with E-state index in [2.05, 4.69) is 4.98 Å². The third-order valence-corrected chi connectivity index (χ3v) is 6.11. The Morgan fingerprint density at radius 1 is 0.839 bits per heavy atom. The highest BCUT2D eigenvalue weighted by Gasteiger charge is 2.39. The zero-order valence-electron chi connectivity index (χ0n) is 16.6. The fourth-order valence-electron chi connectivity index (χ4n) is 4.46. The van der Waals surface area contributed by atoms with Gasteiger partial charge in [-0.05, 0) is 36.2 Å². The number of hydrogen-bond acceptors (Lipinski definition) is 3. The number of halogens is 1. The molecule has 5 rings (SSSR count). The average Bonchev–Trinajstić information content (AvgIpc) is 3.11. The lowest BCUT2D eigenvalue weighted by Crippen LogP contribution is -2.28. The molecule has 1 aromatic heterocycles. The highest BCUT2D eigenvalue weighted by molar-refractivity contribution is 6.52. The van der Waals surface area contributed by atoms with E-state index in [-0.39, 0.29) is 16.9 Å². The molecular formula is C26H18ClNO3. The number of nitrogens with one attached hydrogen (secondary N) is 1. The van der Waals surface area contributed by atoms with Gasteiger partial charge in [0.1, 0.15) is 5.76 Å². The molecule has 1 atom stereocenters. The molecule has 0 aliphatic heterocycles. The van der Waals surface area contributed by atoms with Crippen LogP contribution in [0, 0.1) is 6.92 Å². The number of allylic oxidation sites excluding steroid dienone is 1. The number of carbonyl (C=O) groups excluding carboxylic acids is 2. The van der Waals surface area contributed by atoms with Crippen LogP contribution in [0.25, 0.3) is 16.7 Å². The van der Waals surface area contributed by atoms with E-state index in [0.29, 0.717) is 10.6 Å². The van der Waals surface area contributed by atoms with Gasteiger partial charge in [0, 0.05) is 38.7 Å². The van der Waals surface area contributed by atoms with Crippen molar-refractivity contribution in [2.75, 3.05) is 0 Å². The first-order valence-corrected chi connectivity index (χ1v) is 10.3. The molecule has 0 saturated heterocycles. The quantitative estimate of drug-likeness (QED) is 0.394. The number of rotatable bonds is 3. The van der Waals surface area contributed by atoms with Crippen molar-refractivity contribution < 1.29 is 14.7 Å². The Labute approximate surface area is 183 Å². The zero-order chi connectivity index (χ0) is 21.7. The summed E-state index contributed by atoms with van der Waals surface area (Å²) in [5.41, 5.74) is 4.07. The van der Waals surface area contributed by atoms with Crippen LogP contribution >= 0.6 is 11.6 Å². The van der Waals surface area contributed by atoms with Gasteiger partial charge in [0.05, 0.1) is 5.57 Å². The summed E-state index contributed by atoms with van der Waals surface area (Å²) in [7, 11) is 0. The van der Waals surface area contributed by atoms with Crippen LogP contribution in [0.3, 0.4) is 0 Å². The number of aromatic amines is 1. The van der Waals surface area contributed by atoms with E-state index in [0.717, 1.165) is 27.7 Å². The fraction of sp³-hybridized carbons (Fsp3) is 0.0769. The van der Waals surface area contributed by atoms with E-state index < -0.39 is 17.5 Å². The molecule has 1 aliphatic carbocycles. The molecule has 0 bridgehead atoms. The van der Waals surface area contributed by atoms with E-state index in [1.807, 2.05) is 43.3 Å². The second kappa shape index (κ2) is 7.25. The summed E-state index contributed by atoms with van der Waals surface area (Å²) in [6, 6.07) is 21.6. The third-order valence-electron chi connectivity index (χ3n) is 5.86. The summed E-state index contributed by atoms with van der Waals surface area (Å²) in [5.74, 6) is -2.11. The SMILES string of the molecule is Cc1[nH]c2ccccc2c1C(C1=C(O)c2ccccc2C(=O)C1=O)c1ccc(Cl)cc1. The number of fused-ring (bicyclic) bond motifs is 2. The van der Waals surface area contributed by atoms with Crippen LogP contribution < -0.4 is 0 Å². The molecule has 1 aliphatic rings. The molecule has 0 amide bonds. The number of carbonyl (C=O) groups is 2. The number of hydrogen-bond donors (Lipinski definition) is 2. The maximum atomic E-state index is 13.3. The van der Waals surface area contributed by atoms with Gasteiger partial charge >= 0.3 is 0 Å². The molecule has 152 valence electrons. The van der Waals surface area contributed by atoms with Crippen LogP contribution in [-0.2, 0) is 4.79 Å². The fourth-order valence-corrected chi connectivity index (χ4v) is 4.58. The van der Waals surface area contributed by atoms with Crippen LogP contribution in [0.2, 0.25) is 5.02 Å². The number of H-pyrrole nitrogens is 1. The normalized spacial score (nSPS) is 14.8. The van der Waals surface area contributed by atoms with Gasteiger partial charge in [0.2, 0.25) is 11.6 Å². The summed E-state index contributed by atoms with van der Waals surface area (Å²) in [4.78, 5) is 29.6. The van der Waals surface area contributed by atoms with Gasteiger partial charge in [-0.25, -0.2) is 0 Å². The highest BCUT2D eigenvalue weighted by Crippen LogP contribution is 2.43. The van der Waals surface area contributed by atoms with E-state index >= 15 is 0 Å². The van der Waals surface area contributed by atoms with E-state index in [1.165, 1.54) is 0 Å². The Morgan fingerprint density at radius 2 is 1.48 bits per heavy atom. The molecule has 1 heterocycles. The Balaban J connectivity index is 1.86. The summed E-state index contributed by atoms with van der Waals surface area (Å²) >= 11 is 6.11. The smallest absolute Gasteiger partial charge is 0.234 e. The molecule has 4 aromatic rings. The molecule has 4 nitrogen and oxygen atoms in total. The number of ketones is 2. The minimum Gasteiger partial charge on any atom is -0.507 e. The number of aryl methyl sites for hydroxylation is 1. The van der Waals surface area contributed by atoms with Crippen molar-refractivity contribution in [3.8, 4) is 0 Å². The van der Waals surface area contributed by atoms with Crippen LogP contribution in [0.15, 0.2) is 78.4 Å². The molecule has 0 spiro atoms. The van der Waals surface area contributed by atoms with Gasteiger partial charge in [0.25, 0.3) is 0 Å². The van der Waals surface area contributed by atoms with Crippen molar-refractivity contribution in [1.82, 2.24) is 4.98 Å². The predicted octanol–water partition coefficient (Wildman–Crippen LogP) is 6.00. The van der Waals surface area contributed by atoms with Crippen LogP contribution in [0.1, 0.15) is 38.7 Å². The largest absolute Gasteiger partial charge is 0.507 e. The van der Waals surface area contributed by atoms with E-state index in [9.17, 15) is 14.7 Å². The first-order valence-electron chi connectivity index (χ1n) is 9.91. The minimum absolute atomic E-state index is 0.0823. The Bertz CT molecular complexity index is 1400. The van der Waals surface area contributed by atoms with Crippen LogP contribution in [-0.4, -0.2) is 21.7 Å². The topological polar surface area (TPSA) is 70.2 Å². The van der Waals surface area contributed by atoms with Gasteiger partial charge in [-0.3, -0.25) is 9.59 Å². The second-order valence-corrected chi connectivity index (χ2v) is 8.10. The average molecular weight is 428 g/mol. The van der Waals surface area contributed by atoms with Crippen LogP contribution in [0.5, 0.6) is 0 Å². The summed E-state index contributed by atoms with van der Waals surface area (Å²) < 4.78 is 0. The highest BCUT2D eigenvalue weighted by atomic mass is 35.5. The molecule has 5 heteroatoms. The van der Waals surface area contributed by atoms with Crippen molar-refractivity contribution >= 4 is 39.8 Å². The lowest BCUT2D eigenvalue weighted by molar-refractivity contribution is -0.112. The standard InChI is InChI=1S/C26H18ClNO3/c1-14-21(19-8-4-5-9-20(19)28-14)22(15-10-12-16(27)13-11-15)23-24(29)17-6-2-3-7-18(17)25(30)26(23)31/h2-13,22,28-29H,1H3. The minimum atomic E-state index is -0.694. The van der Waals surface area contributed by atoms with E-state index in [1.54, 1.807) is 36.4 Å². The second-order valence-electron chi connectivity index (χ2n) is 7.66. The summed E-state index contributed by atoms with van der Waals surface area (Å²) in [6.07, 6.45) is 0. The molecule has 3 aromatic carbocycles. The van der Waals surface area contributed by atoms with Crippen molar-refractivity contribution in [2.45, 2.75) is 12.8 Å². The lowest BCUT2D eigenvalue weighted by atomic mass is 9.76. The van der Waals surface area contributed by atoms with Crippen molar-refractivity contribution in [3.05, 3.63) is 111 Å². The van der Waals surface area contributed by atoms with Crippen molar-refractivity contribution in [2.24, 2.45) is 0 Å². The first-order chi connectivity index (χ1) is 15.0. The number of aliphatic hydroxyl groups is 1. The Hall–Kier alpha value is -3.63. The van der Waals surface area contributed by atoms with Gasteiger partial charge in [-0.1, -0.05) is 66.2 Å². The van der Waals surface area contributed by atoms with Crippen LogP contribution in [0.4, 0.5) is 0 Å². The molecule has 0 saturated carbocycles. The Kier molecular flexibility index (Phi) is 4.53. The third kappa shape index (κ3) is 2.99. The molecule has 0 radical (unpaired) electrons. The Morgan fingerprint density at radius 3 is 2.23 bits per heavy atom. The molecule has 0 fully saturated rings. The number of Topliss-reactive ketones (excluding diaryl/α,β-unsaturated/α-hetero) is 2. The summed E-state index contributed by atoms with van der Waals surface area (Å²) in [6.45, 7) is 1.93. The summed E-state index contributed by atoms with van der Waals surface area (Å²) in [5, 5.41) is 12.7. The first kappa shape index (κ1) is 19.3. The molecule has 31 heavy (non-hydrogen) atoms. The zero-order valence-corrected chi connectivity index (χ0v) is 17.4. The van der Waals surface area contributed by atoms with Gasteiger partial charge in [-0.2, -0.15) is 0 Å².